The van der Waals surface area contributed by atoms with E-state index in [0.717, 1.165) is 5.56 Å². The van der Waals surface area contributed by atoms with E-state index in [1.807, 2.05) is 0 Å². The Labute approximate surface area is 126 Å². The van der Waals surface area contributed by atoms with Crippen molar-refractivity contribution in [2.45, 2.75) is 6.54 Å². The zero-order valence-corrected chi connectivity index (χ0v) is 11.9. The van der Waals surface area contributed by atoms with Gasteiger partial charge in [-0.25, -0.2) is 4.79 Å². The third-order valence-electron chi connectivity index (χ3n) is 2.56. The van der Waals surface area contributed by atoms with E-state index >= 15 is 0 Å². The molecule has 0 spiro atoms. The minimum atomic E-state index is -0.405. The number of carbonyl (C=O) groups excluding carboxylic acids is 1. The number of benzene rings is 2. The van der Waals surface area contributed by atoms with Gasteiger partial charge >= 0.3 is 6.03 Å². The summed E-state index contributed by atoms with van der Waals surface area (Å²) in [6.07, 6.45) is 0. The summed E-state index contributed by atoms with van der Waals surface area (Å²) in [6.45, 7) is 0.290. The first-order valence-corrected chi connectivity index (χ1v) is 6.58. The molecule has 2 amide bonds. The fourth-order valence-electron chi connectivity index (χ4n) is 1.62. The second kappa shape index (κ2) is 6.50. The van der Waals surface area contributed by atoms with Gasteiger partial charge in [0.1, 0.15) is 5.75 Å². The van der Waals surface area contributed by atoms with Crippen molar-refractivity contribution in [1.82, 2.24) is 5.32 Å². The lowest BCUT2D eigenvalue weighted by molar-refractivity contribution is 0.251. The molecule has 6 heteroatoms. The average molecular weight is 311 g/mol. The van der Waals surface area contributed by atoms with Gasteiger partial charge < -0.3 is 15.7 Å². The molecular formula is C14H12Cl2N2O2. The summed E-state index contributed by atoms with van der Waals surface area (Å²) in [6, 6.07) is 11.2. The van der Waals surface area contributed by atoms with Gasteiger partial charge in [-0.05, 0) is 29.8 Å². The molecule has 0 saturated heterocycles. The molecule has 0 radical (unpaired) electrons. The van der Waals surface area contributed by atoms with E-state index in [9.17, 15) is 9.90 Å². The van der Waals surface area contributed by atoms with E-state index in [-0.39, 0.29) is 5.75 Å². The molecule has 104 valence electrons. The second-order valence-corrected chi connectivity index (χ2v) is 4.86. The summed E-state index contributed by atoms with van der Waals surface area (Å²) in [5.41, 5.74) is 1.23. The highest BCUT2D eigenvalue weighted by atomic mass is 35.5. The molecule has 0 aromatic heterocycles. The van der Waals surface area contributed by atoms with Crippen LogP contribution in [-0.2, 0) is 6.54 Å². The number of aromatic hydroxyl groups is 1. The molecule has 3 N–H and O–H groups in total. The Kier molecular flexibility index (Phi) is 4.71. The van der Waals surface area contributed by atoms with Gasteiger partial charge in [0.2, 0.25) is 0 Å². The number of halogens is 2. The van der Waals surface area contributed by atoms with Crippen molar-refractivity contribution in [3.8, 4) is 5.75 Å². The average Bonchev–Trinajstić information content (AvgIpc) is 2.42. The van der Waals surface area contributed by atoms with Crippen molar-refractivity contribution in [1.29, 1.82) is 0 Å². The molecule has 0 atom stereocenters. The minimum absolute atomic E-state index is 0.155. The lowest BCUT2D eigenvalue weighted by Crippen LogP contribution is -2.28. The number of rotatable bonds is 3. The summed E-state index contributed by atoms with van der Waals surface area (Å²) in [4.78, 5) is 11.7. The number of phenolic OH excluding ortho intramolecular Hbond substituents is 1. The fraction of sp³-hybridized carbons (Fsp3) is 0.0714. The number of nitrogens with one attached hydrogen (secondary N) is 2. The molecule has 2 aromatic rings. The number of urea groups is 1. The fourth-order valence-corrected chi connectivity index (χ4v) is 1.96. The summed E-state index contributed by atoms with van der Waals surface area (Å²) in [5.74, 6) is 0.155. The number of hydrogen-bond donors (Lipinski definition) is 3. The highest BCUT2D eigenvalue weighted by Gasteiger charge is 2.07. The highest BCUT2D eigenvalue weighted by Crippen LogP contribution is 2.29. The normalized spacial score (nSPS) is 10.1. The lowest BCUT2D eigenvalue weighted by atomic mass is 10.2. The molecule has 0 unspecified atom stereocenters. The predicted octanol–water partition coefficient (Wildman–Crippen LogP) is 4.02. The SMILES string of the molecule is O=C(NCc1cccc(O)c1)Nc1cccc(Cl)c1Cl. The zero-order chi connectivity index (χ0) is 14.5. The minimum Gasteiger partial charge on any atom is -0.508 e. The Morgan fingerprint density at radius 2 is 1.90 bits per heavy atom. The second-order valence-electron chi connectivity index (χ2n) is 4.08. The highest BCUT2D eigenvalue weighted by molar-refractivity contribution is 6.43. The quantitative estimate of drug-likeness (QED) is 0.801. The Hall–Kier alpha value is -1.91. The molecule has 4 nitrogen and oxygen atoms in total. The smallest absolute Gasteiger partial charge is 0.319 e. The topological polar surface area (TPSA) is 61.4 Å². The van der Waals surface area contributed by atoms with E-state index in [1.165, 1.54) is 0 Å². The monoisotopic (exact) mass is 310 g/mol. The van der Waals surface area contributed by atoms with E-state index in [2.05, 4.69) is 10.6 Å². The third-order valence-corrected chi connectivity index (χ3v) is 3.38. The maximum Gasteiger partial charge on any atom is 0.319 e. The van der Waals surface area contributed by atoms with Crippen LogP contribution in [0.25, 0.3) is 0 Å². The van der Waals surface area contributed by atoms with Gasteiger partial charge in [-0.1, -0.05) is 41.4 Å². The van der Waals surface area contributed by atoms with Crippen LogP contribution in [0.5, 0.6) is 5.75 Å². The Bertz CT molecular complexity index is 632. The molecule has 2 aromatic carbocycles. The van der Waals surface area contributed by atoms with Gasteiger partial charge in [0.15, 0.2) is 0 Å². The van der Waals surface area contributed by atoms with Gasteiger partial charge in [-0.2, -0.15) is 0 Å². The summed E-state index contributed by atoms with van der Waals surface area (Å²) >= 11 is 11.8. The first-order valence-electron chi connectivity index (χ1n) is 5.83. The predicted molar refractivity (Wildman–Crippen MR) is 80.4 cm³/mol. The van der Waals surface area contributed by atoms with Crippen LogP contribution in [0.4, 0.5) is 10.5 Å². The molecular weight excluding hydrogens is 299 g/mol. The first-order chi connectivity index (χ1) is 9.56. The van der Waals surface area contributed by atoms with Crippen LogP contribution in [0.3, 0.4) is 0 Å². The van der Waals surface area contributed by atoms with Crippen molar-refractivity contribution in [2.24, 2.45) is 0 Å². The van der Waals surface area contributed by atoms with Gasteiger partial charge in [0.05, 0.1) is 15.7 Å². The summed E-state index contributed by atoms with van der Waals surface area (Å²) in [5, 5.41) is 15.3. The molecule has 0 aliphatic heterocycles. The molecule has 20 heavy (non-hydrogen) atoms. The number of amides is 2. The zero-order valence-electron chi connectivity index (χ0n) is 10.4. The number of phenols is 1. The standard InChI is InChI=1S/C14H12Cl2N2O2/c15-11-5-2-6-12(13(11)16)18-14(20)17-8-9-3-1-4-10(19)7-9/h1-7,19H,8H2,(H2,17,18,20). The summed E-state index contributed by atoms with van der Waals surface area (Å²) < 4.78 is 0. The van der Waals surface area contributed by atoms with Crippen LogP contribution >= 0.6 is 23.2 Å². The van der Waals surface area contributed by atoms with Crippen molar-refractivity contribution in [3.05, 3.63) is 58.1 Å². The van der Waals surface area contributed by atoms with Crippen molar-refractivity contribution in [2.75, 3.05) is 5.32 Å². The van der Waals surface area contributed by atoms with Gasteiger partial charge in [0.25, 0.3) is 0 Å². The Morgan fingerprint density at radius 3 is 2.65 bits per heavy atom. The number of hydrogen-bond acceptors (Lipinski definition) is 2. The van der Waals surface area contributed by atoms with E-state index < -0.39 is 6.03 Å². The molecule has 0 heterocycles. The molecule has 0 fully saturated rings. The van der Waals surface area contributed by atoms with E-state index in [0.29, 0.717) is 22.3 Å². The van der Waals surface area contributed by atoms with E-state index in [1.54, 1.807) is 42.5 Å². The Balaban J connectivity index is 1.94. The largest absolute Gasteiger partial charge is 0.508 e. The van der Waals surface area contributed by atoms with Crippen LogP contribution in [-0.4, -0.2) is 11.1 Å². The molecule has 2 rings (SSSR count). The van der Waals surface area contributed by atoms with Crippen molar-refractivity contribution < 1.29 is 9.90 Å². The van der Waals surface area contributed by atoms with Crippen LogP contribution in [0.15, 0.2) is 42.5 Å². The maximum atomic E-state index is 11.7. The van der Waals surface area contributed by atoms with Crippen LogP contribution < -0.4 is 10.6 Å². The van der Waals surface area contributed by atoms with Crippen LogP contribution in [0.2, 0.25) is 10.0 Å². The molecule has 0 aliphatic rings. The van der Waals surface area contributed by atoms with Crippen LogP contribution in [0.1, 0.15) is 5.56 Å². The maximum absolute atomic E-state index is 11.7. The van der Waals surface area contributed by atoms with Gasteiger partial charge in [-0.15, -0.1) is 0 Å². The number of anilines is 1. The lowest BCUT2D eigenvalue weighted by Gasteiger charge is -2.10. The van der Waals surface area contributed by atoms with Crippen molar-refractivity contribution >= 4 is 34.9 Å². The number of carbonyl (C=O) groups is 1. The summed E-state index contributed by atoms with van der Waals surface area (Å²) in [7, 11) is 0. The third kappa shape index (κ3) is 3.79. The molecule has 0 bridgehead atoms. The first kappa shape index (κ1) is 14.5. The van der Waals surface area contributed by atoms with E-state index in [4.69, 9.17) is 23.2 Å². The van der Waals surface area contributed by atoms with Crippen molar-refractivity contribution in [3.63, 3.8) is 0 Å². The van der Waals surface area contributed by atoms with Gasteiger partial charge in [0, 0.05) is 6.54 Å². The Morgan fingerprint density at radius 1 is 1.15 bits per heavy atom. The van der Waals surface area contributed by atoms with Gasteiger partial charge in [-0.3, -0.25) is 0 Å². The van der Waals surface area contributed by atoms with Crippen LogP contribution in [0, 0.1) is 0 Å². The molecule has 0 saturated carbocycles. The molecule has 0 aliphatic carbocycles.